The van der Waals surface area contributed by atoms with Crippen LogP contribution in [-0.2, 0) is 0 Å². The second kappa shape index (κ2) is 7.50. The summed E-state index contributed by atoms with van der Waals surface area (Å²) in [7, 11) is 0. The summed E-state index contributed by atoms with van der Waals surface area (Å²) in [5, 5.41) is 24.0. The number of H-pyrrole nitrogens is 1. The predicted octanol–water partition coefficient (Wildman–Crippen LogP) is 1.28. The summed E-state index contributed by atoms with van der Waals surface area (Å²) in [6, 6.07) is 7.43. The van der Waals surface area contributed by atoms with Crippen molar-refractivity contribution < 1.29 is 9.53 Å². The van der Waals surface area contributed by atoms with Gasteiger partial charge in [0.2, 0.25) is 0 Å². The highest BCUT2D eigenvalue weighted by Gasteiger charge is 2.22. The lowest BCUT2D eigenvalue weighted by Gasteiger charge is -2.25. The highest BCUT2D eigenvalue weighted by atomic mass is 16.5. The largest absolute Gasteiger partial charge is 0.422 e. The lowest BCUT2D eigenvalue weighted by Crippen LogP contribution is -2.28. The maximum Gasteiger partial charge on any atom is 0.361 e. The molecule has 1 aliphatic carbocycles. The molecule has 0 radical (unpaired) electrons. The molecule has 11 heteroatoms. The van der Waals surface area contributed by atoms with Crippen molar-refractivity contribution in [2.45, 2.75) is 37.8 Å². The Kier molecular flexibility index (Phi) is 4.75. The van der Waals surface area contributed by atoms with E-state index in [1.54, 1.807) is 35.1 Å². The van der Waals surface area contributed by atoms with Crippen LogP contribution in [0.15, 0.2) is 30.5 Å². The quantitative estimate of drug-likeness (QED) is 0.608. The summed E-state index contributed by atoms with van der Waals surface area (Å²) in [6.07, 6.45) is 5.51. The van der Waals surface area contributed by atoms with Gasteiger partial charge in [0.25, 0.3) is 5.91 Å². The molecule has 1 amide bonds. The molecular weight excluding hydrogens is 350 g/mol. The van der Waals surface area contributed by atoms with E-state index in [0.29, 0.717) is 11.4 Å². The average molecular weight is 369 g/mol. The number of ether oxygens (including phenoxy) is 1. The Morgan fingerprint density at radius 2 is 1.96 bits per heavy atom. The number of anilines is 1. The minimum atomic E-state index is -0.319. The SMILES string of the molecule is NC1CCC(n2cc(C(=O)Nc3ccc(Oc4nn[nH]n4)cc3)nn2)CC1. The molecule has 2 aromatic heterocycles. The molecule has 0 saturated heterocycles. The third-order valence-electron chi connectivity index (χ3n) is 4.51. The van der Waals surface area contributed by atoms with Crippen LogP contribution in [-0.4, -0.2) is 47.6 Å². The van der Waals surface area contributed by atoms with Crippen LogP contribution >= 0.6 is 0 Å². The second-order valence-corrected chi connectivity index (χ2v) is 6.43. The number of tetrazole rings is 1. The van der Waals surface area contributed by atoms with Crippen LogP contribution in [0.3, 0.4) is 0 Å². The van der Waals surface area contributed by atoms with E-state index in [4.69, 9.17) is 10.5 Å². The van der Waals surface area contributed by atoms with Crippen LogP contribution in [0.25, 0.3) is 0 Å². The Balaban J connectivity index is 1.36. The monoisotopic (exact) mass is 369 g/mol. The lowest BCUT2D eigenvalue weighted by atomic mass is 9.92. The molecule has 0 spiro atoms. The number of aromatic amines is 1. The molecule has 1 aromatic carbocycles. The van der Waals surface area contributed by atoms with Gasteiger partial charge >= 0.3 is 6.01 Å². The van der Waals surface area contributed by atoms with Gasteiger partial charge in [-0.25, -0.2) is 4.68 Å². The first-order valence-corrected chi connectivity index (χ1v) is 8.67. The van der Waals surface area contributed by atoms with Crippen molar-refractivity contribution in [3.05, 3.63) is 36.2 Å². The van der Waals surface area contributed by atoms with Gasteiger partial charge in [-0.1, -0.05) is 15.4 Å². The smallest absolute Gasteiger partial charge is 0.361 e. The predicted molar refractivity (Wildman–Crippen MR) is 94.1 cm³/mol. The van der Waals surface area contributed by atoms with Crippen molar-refractivity contribution in [3.8, 4) is 11.8 Å². The number of aromatic nitrogens is 7. The number of amides is 1. The van der Waals surface area contributed by atoms with Gasteiger partial charge in [-0.05, 0) is 55.2 Å². The number of nitrogens with two attached hydrogens (primary N) is 1. The zero-order valence-corrected chi connectivity index (χ0v) is 14.4. The van der Waals surface area contributed by atoms with E-state index in [2.05, 4.69) is 36.3 Å². The third-order valence-corrected chi connectivity index (χ3v) is 4.51. The van der Waals surface area contributed by atoms with E-state index in [9.17, 15) is 4.79 Å². The number of nitrogens with zero attached hydrogens (tertiary/aromatic N) is 6. The number of hydrogen-bond donors (Lipinski definition) is 3. The maximum atomic E-state index is 12.4. The van der Waals surface area contributed by atoms with E-state index in [1.165, 1.54) is 0 Å². The maximum absolute atomic E-state index is 12.4. The van der Waals surface area contributed by atoms with Crippen molar-refractivity contribution in [1.29, 1.82) is 0 Å². The minimum Gasteiger partial charge on any atom is -0.422 e. The van der Waals surface area contributed by atoms with E-state index in [1.807, 2.05) is 0 Å². The molecule has 0 unspecified atom stereocenters. The third kappa shape index (κ3) is 4.08. The van der Waals surface area contributed by atoms with Gasteiger partial charge in [0, 0.05) is 11.7 Å². The fraction of sp³-hybridized carbons (Fsp3) is 0.375. The Morgan fingerprint density at radius 1 is 1.19 bits per heavy atom. The van der Waals surface area contributed by atoms with Crippen LogP contribution in [0.2, 0.25) is 0 Å². The van der Waals surface area contributed by atoms with Gasteiger partial charge in [0.15, 0.2) is 5.69 Å². The zero-order valence-electron chi connectivity index (χ0n) is 14.4. The van der Waals surface area contributed by atoms with Gasteiger partial charge in [-0.2, -0.15) is 5.21 Å². The number of benzene rings is 1. The van der Waals surface area contributed by atoms with Crippen molar-refractivity contribution >= 4 is 11.6 Å². The molecular formula is C16H19N9O2. The summed E-state index contributed by atoms with van der Waals surface area (Å²) in [5.41, 5.74) is 6.82. The number of hydrogen-bond acceptors (Lipinski definition) is 8. The standard InChI is InChI=1S/C16H19N9O2/c17-10-1-5-12(6-2-10)25-9-14(19-24-25)15(26)18-11-3-7-13(8-4-11)27-16-20-22-23-21-16/h3-4,7-10,12H,1-2,5-6,17H2,(H,18,26)(H,20,21,22,23). The van der Waals surface area contributed by atoms with Crippen LogP contribution in [0.1, 0.15) is 42.2 Å². The molecule has 0 atom stereocenters. The van der Waals surface area contributed by atoms with Crippen LogP contribution in [0.5, 0.6) is 11.8 Å². The van der Waals surface area contributed by atoms with Gasteiger partial charge in [0.1, 0.15) is 5.75 Å². The van der Waals surface area contributed by atoms with E-state index in [0.717, 1.165) is 25.7 Å². The number of nitrogens with one attached hydrogen (secondary N) is 2. The van der Waals surface area contributed by atoms with Crippen LogP contribution < -0.4 is 15.8 Å². The molecule has 4 rings (SSSR count). The fourth-order valence-electron chi connectivity index (χ4n) is 3.03. The summed E-state index contributed by atoms with van der Waals surface area (Å²) < 4.78 is 7.14. The lowest BCUT2D eigenvalue weighted by molar-refractivity contribution is 0.102. The molecule has 1 aliphatic rings. The Labute approximate surface area is 154 Å². The van der Waals surface area contributed by atoms with Crippen LogP contribution in [0.4, 0.5) is 5.69 Å². The molecule has 2 heterocycles. The summed E-state index contributed by atoms with van der Waals surface area (Å²) in [5.74, 6) is 0.205. The molecule has 27 heavy (non-hydrogen) atoms. The van der Waals surface area contributed by atoms with Crippen molar-refractivity contribution in [2.75, 3.05) is 5.32 Å². The molecule has 11 nitrogen and oxygen atoms in total. The van der Waals surface area contributed by atoms with Crippen LogP contribution in [0, 0.1) is 0 Å². The first-order valence-electron chi connectivity index (χ1n) is 8.67. The van der Waals surface area contributed by atoms with Gasteiger partial charge in [-0.3, -0.25) is 4.79 Å². The van der Waals surface area contributed by atoms with E-state index in [-0.39, 0.29) is 29.7 Å². The molecule has 3 aromatic rings. The molecule has 0 bridgehead atoms. The Morgan fingerprint density at radius 3 is 2.67 bits per heavy atom. The molecule has 1 fully saturated rings. The molecule has 1 saturated carbocycles. The van der Waals surface area contributed by atoms with Gasteiger partial charge in [0.05, 0.1) is 12.2 Å². The fourth-order valence-corrected chi connectivity index (χ4v) is 3.03. The van der Waals surface area contributed by atoms with Gasteiger partial charge < -0.3 is 15.8 Å². The normalized spacial score (nSPS) is 19.6. The minimum absolute atomic E-state index is 0.118. The van der Waals surface area contributed by atoms with E-state index < -0.39 is 0 Å². The Hall–Kier alpha value is -3.34. The highest BCUT2D eigenvalue weighted by Crippen LogP contribution is 2.27. The van der Waals surface area contributed by atoms with Gasteiger partial charge in [-0.15, -0.1) is 5.10 Å². The molecule has 140 valence electrons. The van der Waals surface area contributed by atoms with Crippen molar-refractivity contribution in [1.82, 2.24) is 35.6 Å². The summed E-state index contributed by atoms with van der Waals surface area (Å²) in [4.78, 5) is 12.4. The van der Waals surface area contributed by atoms with E-state index >= 15 is 0 Å². The first-order chi connectivity index (χ1) is 13.2. The summed E-state index contributed by atoms with van der Waals surface area (Å²) in [6.45, 7) is 0. The highest BCUT2D eigenvalue weighted by molar-refractivity contribution is 6.02. The summed E-state index contributed by atoms with van der Waals surface area (Å²) >= 11 is 0. The number of rotatable bonds is 5. The zero-order chi connectivity index (χ0) is 18.6. The second-order valence-electron chi connectivity index (χ2n) is 6.43. The Bertz CT molecular complexity index is 883. The first kappa shape index (κ1) is 17.1. The average Bonchev–Trinajstić information content (AvgIpc) is 3.36. The molecule has 4 N–H and O–H groups in total. The molecule has 0 aliphatic heterocycles. The number of carbonyl (C=O) groups excluding carboxylic acids is 1. The number of carbonyl (C=O) groups is 1. The van der Waals surface area contributed by atoms with Crippen molar-refractivity contribution in [3.63, 3.8) is 0 Å². The topological polar surface area (TPSA) is 150 Å². The van der Waals surface area contributed by atoms with Crippen molar-refractivity contribution in [2.24, 2.45) is 5.73 Å².